The van der Waals surface area contributed by atoms with E-state index in [1.54, 1.807) is 0 Å². The maximum atomic E-state index is 13.7. The summed E-state index contributed by atoms with van der Waals surface area (Å²) in [6, 6.07) is 22.7. The smallest absolute Gasteiger partial charge is 0.416 e. The van der Waals surface area contributed by atoms with Gasteiger partial charge in [0.05, 0.1) is 21.5 Å². The summed E-state index contributed by atoms with van der Waals surface area (Å²) in [7, 11) is 0. The number of amides is 1. The Kier molecular flexibility index (Phi) is 5.45. The molecule has 3 aromatic carbocycles. The van der Waals surface area contributed by atoms with Gasteiger partial charge in [-0.05, 0) is 55.0 Å². The quantitative estimate of drug-likeness (QED) is 0.264. The number of carbonyl (C=O) groups is 1. The van der Waals surface area contributed by atoms with E-state index in [-0.39, 0.29) is 17.1 Å². The van der Waals surface area contributed by atoms with Gasteiger partial charge in [0.1, 0.15) is 5.76 Å². The first-order chi connectivity index (χ1) is 16.3. The van der Waals surface area contributed by atoms with E-state index >= 15 is 0 Å². The molecule has 0 atom stereocenters. The van der Waals surface area contributed by atoms with Crippen LogP contribution in [0, 0.1) is 6.92 Å². The Morgan fingerprint density at radius 3 is 2.47 bits per heavy atom. The monoisotopic (exact) mass is 478 g/mol. The highest BCUT2D eigenvalue weighted by Gasteiger charge is 2.31. The molecule has 8 heteroatoms. The van der Waals surface area contributed by atoms with Gasteiger partial charge in [-0.15, -0.1) is 0 Å². The molecule has 0 N–H and O–H groups in total. The summed E-state index contributed by atoms with van der Waals surface area (Å²) in [5.41, 5.74) is 1.71. The SMILES string of the molecule is Cc1ccccc1N(C(=O)c1ccc(-c2cccc(C(F)(F)F)c2)o1)c1nc2ccccc2s1. The number of carbonyl (C=O) groups excluding carboxylic acids is 1. The predicted molar refractivity (Wildman–Crippen MR) is 126 cm³/mol. The van der Waals surface area contributed by atoms with Crippen molar-refractivity contribution >= 4 is 38.3 Å². The lowest BCUT2D eigenvalue weighted by Gasteiger charge is -2.20. The van der Waals surface area contributed by atoms with Crippen molar-refractivity contribution in [1.29, 1.82) is 0 Å². The summed E-state index contributed by atoms with van der Waals surface area (Å²) >= 11 is 1.37. The fourth-order valence-corrected chi connectivity index (χ4v) is 4.61. The zero-order chi connectivity index (χ0) is 23.9. The Balaban J connectivity index is 1.57. The highest BCUT2D eigenvalue weighted by atomic mass is 32.1. The summed E-state index contributed by atoms with van der Waals surface area (Å²) < 4.78 is 46.1. The Morgan fingerprint density at radius 2 is 1.71 bits per heavy atom. The van der Waals surface area contributed by atoms with Gasteiger partial charge in [-0.1, -0.05) is 53.8 Å². The molecule has 0 aliphatic carbocycles. The lowest BCUT2D eigenvalue weighted by molar-refractivity contribution is -0.137. The number of aromatic nitrogens is 1. The average Bonchev–Trinajstić information content (AvgIpc) is 3.47. The van der Waals surface area contributed by atoms with Crippen LogP contribution in [-0.4, -0.2) is 10.9 Å². The fraction of sp³-hybridized carbons (Fsp3) is 0.0769. The molecule has 0 aliphatic heterocycles. The number of halogens is 3. The second-order valence-corrected chi connectivity index (χ2v) is 8.64. The normalized spacial score (nSPS) is 11.6. The number of nitrogens with zero attached hydrogens (tertiary/aromatic N) is 2. The minimum absolute atomic E-state index is 0.00470. The number of alkyl halides is 3. The highest BCUT2D eigenvalue weighted by molar-refractivity contribution is 7.22. The van der Waals surface area contributed by atoms with E-state index in [2.05, 4.69) is 4.98 Å². The van der Waals surface area contributed by atoms with Crippen LogP contribution in [0.1, 0.15) is 21.7 Å². The van der Waals surface area contributed by atoms with Gasteiger partial charge >= 0.3 is 6.18 Å². The second kappa shape index (κ2) is 8.46. The van der Waals surface area contributed by atoms with Gasteiger partial charge in [0.2, 0.25) is 0 Å². The third-order valence-electron chi connectivity index (χ3n) is 5.32. The molecule has 0 bridgehead atoms. The molecule has 2 aromatic heterocycles. The van der Waals surface area contributed by atoms with Crippen LogP contribution in [0.4, 0.5) is 24.0 Å². The Morgan fingerprint density at radius 1 is 0.941 bits per heavy atom. The van der Waals surface area contributed by atoms with Crippen molar-refractivity contribution in [3.8, 4) is 11.3 Å². The molecule has 0 unspecified atom stereocenters. The third-order valence-corrected chi connectivity index (χ3v) is 6.35. The van der Waals surface area contributed by atoms with E-state index in [4.69, 9.17) is 4.42 Å². The van der Waals surface area contributed by atoms with Gasteiger partial charge in [0, 0.05) is 5.56 Å². The van der Waals surface area contributed by atoms with Crippen LogP contribution in [0.5, 0.6) is 0 Å². The molecule has 0 saturated heterocycles. The van der Waals surface area contributed by atoms with Crippen LogP contribution < -0.4 is 4.90 Å². The van der Waals surface area contributed by atoms with E-state index in [0.29, 0.717) is 10.8 Å². The molecule has 0 aliphatic rings. The van der Waals surface area contributed by atoms with Crippen molar-refractivity contribution in [3.63, 3.8) is 0 Å². The molecule has 0 spiro atoms. The maximum absolute atomic E-state index is 13.7. The first-order valence-electron chi connectivity index (χ1n) is 10.3. The topological polar surface area (TPSA) is 46.3 Å². The highest BCUT2D eigenvalue weighted by Crippen LogP contribution is 2.37. The number of rotatable bonds is 4. The molecule has 5 aromatic rings. The standard InChI is InChI=1S/C26H17F3N2O2S/c1-16-7-2-4-11-20(16)31(25-30-19-10-3-5-12-23(19)34-25)24(32)22-14-13-21(33-22)17-8-6-9-18(15-17)26(27,28)29/h2-15H,1H3. The number of aryl methyl sites for hydroxylation is 1. The minimum atomic E-state index is -4.48. The molecule has 1 amide bonds. The number of benzene rings is 3. The summed E-state index contributed by atoms with van der Waals surface area (Å²) in [5, 5.41) is 0.470. The number of para-hydroxylation sites is 2. The summed E-state index contributed by atoms with van der Waals surface area (Å²) in [5.74, 6) is -0.301. The first-order valence-corrected chi connectivity index (χ1v) is 11.2. The summed E-state index contributed by atoms with van der Waals surface area (Å²) in [4.78, 5) is 19.8. The van der Waals surface area contributed by atoms with Crippen LogP contribution in [0.3, 0.4) is 0 Å². The molecule has 0 fully saturated rings. The number of fused-ring (bicyclic) bond motifs is 1. The average molecular weight is 478 g/mol. The molecule has 2 heterocycles. The summed E-state index contributed by atoms with van der Waals surface area (Å²) in [6.07, 6.45) is -4.48. The van der Waals surface area contributed by atoms with Gasteiger partial charge in [0.25, 0.3) is 5.91 Å². The molecule has 0 saturated carbocycles. The number of thiazole rings is 1. The number of anilines is 2. The van der Waals surface area contributed by atoms with Crippen molar-refractivity contribution < 1.29 is 22.4 Å². The molecule has 0 radical (unpaired) electrons. The molecule has 170 valence electrons. The van der Waals surface area contributed by atoms with E-state index in [0.717, 1.165) is 27.9 Å². The van der Waals surface area contributed by atoms with Gasteiger partial charge in [-0.25, -0.2) is 9.88 Å². The maximum Gasteiger partial charge on any atom is 0.416 e. The molecule has 34 heavy (non-hydrogen) atoms. The van der Waals surface area contributed by atoms with Crippen molar-refractivity contribution in [2.24, 2.45) is 0 Å². The van der Waals surface area contributed by atoms with Gasteiger partial charge < -0.3 is 4.42 Å². The van der Waals surface area contributed by atoms with Crippen molar-refractivity contribution in [2.45, 2.75) is 13.1 Å². The van der Waals surface area contributed by atoms with Crippen LogP contribution in [0.15, 0.2) is 89.3 Å². The van der Waals surface area contributed by atoms with Gasteiger partial charge in [0.15, 0.2) is 10.9 Å². The number of hydrogen-bond acceptors (Lipinski definition) is 4. The predicted octanol–water partition coefficient (Wildman–Crippen LogP) is 7.86. The molecular weight excluding hydrogens is 461 g/mol. The van der Waals surface area contributed by atoms with E-state index in [1.165, 1.54) is 40.5 Å². The first kappa shape index (κ1) is 21.9. The van der Waals surface area contributed by atoms with Crippen molar-refractivity contribution in [2.75, 3.05) is 4.90 Å². The van der Waals surface area contributed by atoms with Gasteiger partial charge in [-0.2, -0.15) is 13.2 Å². The number of furan rings is 1. The van der Waals surface area contributed by atoms with Crippen molar-refractivity contribution in [1.82, 2.24) is 4.98 Å². The molecule has 4 nitrogen and oxygen atoms in total. The van der Waals surface area contributed by atoms with Crippen LogP contribution in [0.25, 0.3) is 21.5 Å². The van der Waals surface area contributed by atoms with Crippen molar-refractivity contribution in [3.05, 3.63) is 102 Å². The van der Waals surface area contributed by atoms with Crippen LogP contribution >= 0.6 is 11.3 Å². The van der Waals surface area contributed by atoms with E-state index in [9.17, 15) is 18.0 Å². The van der Waals surface area contributed by atoms with Crippen LogP contribution in [0.2, 0.25) is 0 Å². The van der Waals surface area contributed by atoms with Crippen LogP contribution in [-0.2, 0) is 6.18 Å². The lowest BCUT2D eigenvalue weighted by Crippen LogP contribution is -2.26. The number of hydrogen-bond donors (Lipinski definition) is 0. The van der Waals surface area contributed by atoms with E-state index < -0.39 is 17.6 Å². The Labute approximate surface area is 196 Å². The Bertz CT molecular complexity index is 1470. The summed E-state index contributed by atoms with van der Waals surface area (Å²) in [6.45, 7) is 1.89. The van der Waals surface area contributed by atoms with E-state index in [1.807, 2.05) is 55.5 Å². The lowest BCUT2D eigenvalue weighted by atomic mass is 10.1. The zero-order valence-corrected chi connectivity index (χ0v) is 18.7. The minimum Gasteiger partial charge on any atom is -0.451 e. The third kappa shape index (κ3) is 4.08. The van der Waals surface area contributed by atoms with Gasteiger partial charge in [-0.3, -0.25) is 4.79 Å². The largest absolute Gasteiger partial charge is 0.451 e. The fourth-order valence-electron chi connectivity index (χ4n) is 3.64. The Hall–Kier alpha value is -3.91. The second-order valence-electron chi connectivity index (χ2n) is 7.63. The zero-order valence-electron chi connectivity index (χ0n) is 17.8. The molecule has 5 rings (SSSR count). The molecular formula is C26H17F3N2O2S.